The number of halogens is 1. The van der Waals surface area contributed by atoms with Crippen molar-refractivity contribution in [3.63, 3.8) is 0 Å². The van der Waals surface area contributed by atoms with Gasteiger partial charge in [0.2, 0.25) is 0 Å². The van der Waals surface area contributed by atoms with Crippen molar-refractivity contribution in [3.8, 4) is 0 Å². The van der Waals surface area contributed by atoms with Crippen LogP contribution in [-0.2, 0) is 17.7 Å². The molecule has 0 saturated carbocycles. The van der Waals surface area contributed by atoms with E-state index in [1.54, 1.807) is 30.2 Å². The molecule has 0 aliphatic rings. The van der Waals surface area contributed by atoms with Crippen LogP contribution < -0.4 is 0 Å². The predicted octanol–water partition coefficient (Wildman–Crippen LogP) is 3.77. The molecule has 2 rings (SSSR count). The first-order valence-electron chi connectivity index (χ1n) is 7.18. The maximum Gasteiger partial charge on any atom is 0.339 e. The molecule has 1 amide bonds. The minimum absolute atomic E-state index is 0.142. The number of hydrogen-bond donors (Lipinski definition) is 1. The molecule has 0 spiro atoms. The first kappa shape index (κ1) is 17.7. The SMILES string of the molecule is CCc1[nH]c(C(=O)N(C)Cc2ccc(Br)s2)c(C)c1C(=O)OC. The second-order valence-corrected chi connectivity index (χ2v) is 7.74. The Morgan fingerprint density at radius 1 is 1.39 bits per heavy atom. The van der Waals surface area contributed by atoms with Crippen LogP contribution in [0.3, 0.4) is 0 Å². The number of nitrogens with zero attached hydrogens (tertiary/aromatic N) is 1. The molecule has 2 heterocycles. The van der Waals surface area contributed by atoms with E-state index in [9.17, 15) is 9.59 Å². The lowest BCUT2D eigenvalue weighted by atomic mass is 10.1. The number of amides is 1. The number of aromatic nitrogens is 1. The molecule has 23 heavy (non-hydrogen) atoms. The van der Waals surface area contributed by atoms with Gasteiger partial charge >= 0.3 is 5.97 Å². The largest absolute Gasteiger partial charge is 0.465 e. The molecule has 0 saturated heterocycles. The van der Waals surface area contributed by atoms with Gasteiger partial charge in [-0.1, -0.05) is 6.92 Å². The van der Waals surface area contributed by atoms with Crippen LogP contribution in [0.1, 0.15) is 43.9 Å². The summed E-state index contributed by atoms with van der Waals surface area (Å²) in [5.41, 5.74) is 2.27. The summed E-state index contributed by atoms with van der Waals surface area (Å²) < 4.78 is 5.86. The minimum atomic E-state index is -0.417. The van der Waals surface area contributed by atoms with Crippen LogP contribution in [0.2, 0.25) is 0 Å². The Kier molecular flexibility index (Phi) is 5.64. The maximum absolute atomic E-state index is 12.7. The molecule has 0 fully saturated rings. The molecule has 0 radical (unpaired) electrons. The second kappa shape index (κ2) is 7.31. The van der Waals surface area contributed by atoms with E-state index in [1.807, 2.05) is 19.1 Å². The summed E-state index contributed by atoms with van der Waals surface area (Å²) in [6, 6.07) is 3.94. The normalized spacial score (nSPS) is 10.7. The minimum Gasteiger partial charge on any atom is -0.465 e. The highest BCUT2D eigenvalue weighted by Gasteiger charge is 2.25. The Labute approximate surface area is 147 Å². The first-order chi connectivity index (χ1) is 10.9. The Balaban J connectivity index is 2.28. The topological polar surface area (TPSA) is 62.4 Å². The highest BCUT2D eigenvalue weighted by Crippen LogP contribution is 2.25. The number of carbonyl (C=O) groups is 2. The number of nitrogens with one attached hydrogen (secondary N) is 1. The Bertz CT molecular complexity index is 736. The van der Waals surface area contributed by atoms with Gasteiger partial charge in [0.15, 0.2) is 0 Å². The van der Waals surface area contributed by atoms with E-state index >= 15 is 0 Å². The molecule has 0 atom stereocenters. The number of H-pyrrole nitrogens is 1. The molecule has 2 aromatic rings. The first-order valence-corrected chi connectivity index (χ1v) is 8.79. The molecule has 2 aromatic heterocycles. The zero-order valence-corrected chi connectivity index (χ0v) is 15.9. The van der Waals surface area contributed by atoms with Gasteiger partial charge in [-0.05, 0) is 47.0 Å². The third-order valence-electron chi connectivity index (χ3n) is 3.65. The van der Waals surface area contributed by atoms with Crippen LogP contribution >= 0.6 is 27.3 Å². The summed E-state index contributed by atoms with van der Waals surface area (Å²) >= 11 is 5.01. The summed E-state index contributed by atoms with van der Waals surface area (Å²) in [7, 11) is 3.09. The van der Waals surface area contributed by atoms with Gasteiger partial charge in [-0.2, -0.15) is 0 Å². The monoisotopic (exact) mass is 398 g/mol. The number of esters is 1. The van der Waals surface area contributed by atoms with E-state index < -0.39 is 5.97 Å². The molecular formula is C16H19BrN2O3S. The number of carbonyl (C=O) groups excluding carboxylic acids is 2. The second-order valence-electron chi connectivity index (χ2n) is 5.19. The van der Waals surface area contributed by atoms with Gasteiger partial charge < -0.3 is 14.6 Å². The zero-order valence-electron chi connectivity index (χ0n) is 13.5. The van der Waals surface area contributed by atoms with Gasteiger partial charge in [-0.15, -0.1) is 11.3 Å². The van der Waals surface area contributed by atoms with Crippen LogP contribution in [-0.4, -0.2) is 35.9 Å². The molecule has 1 N–H and O–H groups in total. The summed E-state index contributed by atoms with van der Waals surface area (Å²) in [6.07, 6.45) is 0.625. The number of thiophene rings is 1. The van der Waals surface area contributed by atoms with E-state index in [1.165, 1.54) is 7.11 Å². The van der Waals surface area contributed by atoms with Crippen molar-refractivity contribution in [1.29, 1.82) is 0 Å². The molecule has 0 aliphatic heterocycles. The van der Waals surface area contributed by atoms with Crippen LogP contribution in [0, 0.1) is 6.92 Å². The fraction of sp³-hybridized carbons (Fsp3) is 0.375. The molecule has 7 heteroatoms. The quantitative estimate of drug-likeness (QED) is 0.779. The Hall–Kier alpha value is -1.60. The number of rotatable bonds is 5. The van der Waals surface area contributed by atoms with E-state index in [4.69, 9.17) is 4.74 Å². The van der Waals surface area contributed by atoms with Crippen molar-refractivity contribution < 1.29 is 14.3 Å². The fourth-order valence-corrected chi connectivity index (χ4v) is 3.99. The highest BCUT2D eigenvalue weighted by atomic mass is 79.9. The molecule has 0 bridgehead atoms. The van der Waals surface area contributed by atoms with E-state index in [0.717, 1.165) is 14.4 Å². The maximum atomic E-state index is 12.7. The molecule has 0 unspecified atom stereocenters. The van der Waals surface area contributed by atoms with E-state index in [2.05, 4.69) is 20.9 Å². The summed E-state index contributed by atoms with van der Waals surface area (Å²) in [5, 5.41) is 0. The standard InChI is InChI=1S/C16H19BrN2O3S/c1-5-11-13(16(21)22-4)9(2)14(18-11)15(20)19(3)8-10-6-7-12(17)23-10/h6-7,18H,5,8H2,1-4H3. The third-order valence-corrected chi connectivity index (χ3v) is 5.26. The van der Waals surface area contributed by atoms with Gasteiger partial charge in [0.25, 0.3) is 5.91 Å². The van der Waals surface area contributed by atoms with Crippen LogP contribution in [0.25, 0.3) is 0 Å². The van der Waals surface area contributed by atoms with Gasteiger partial charge in [0.05, 0.1) is 23.0 Å². The van der Waals surface area contributed by atoms with Crippen molar-refractivity contribution in [3.05, 3.63) is 43.3 Å². The van der Waals surface area contributed by atoms with Gasteiger partial charge in [0.1, 0.15) is 5.69 Å². The average Bonchev–Trinajstić information content (AvgIpc) is 3.08. The average molecular weight is 399 g/mol. The Morgan fingerprint density at radius 2 is 2.09 bits per heavy atom. The molecule has 5 nitrogen and oxygen atoms in total. The highest BCUT2D eigenvalue weighted by molar-refractivity contribution is 9.11. The van der Waals surface area contributed by atoms with Crippen molar-refractivity contribution in [2.75, 3.05) is 14.2 Å². The van der Waals surface area contributed by atoms with Crippen molar-refractivity contribution in [2.24, 2.45) is 0 Å². The number of aryl methyl sites for hydroxylation is 1. The van der Waals surface area contributed by atoms with Crippen LogP contribution in [0.4, 0.5) is 0 Å². The van der Waals surface area contributed by atoms with Crippen molar-refractivity contribution in [2.45, 2.75) is 26.8 Å². The van der Waals surface area contributed by atoms with Crippen LogP contribution in [0.15, 0.2) is 15.9 Å². The fourth-order valence-electron chi connectivity index (χ4n) is 2.45. The summed E-state index contributed by atoms with van der Waals surface area (Å²) in [6.45, 7) is 4.21. The number of methoxy groups -OCH3 is 1. The molecule has 0 aliphatic carbocycles. The molecule has 0 aromatic carbocycles. The number of hydrogen-bond acceptors (Lipinski definition) is 4. The molecular weight excluding hydrogens is 380 g/mol. The van der Waals surface area contributed by atoms with Gasteiger partial charge in [-0.25, -0.2) is 4.79 Å². The zero-order chi connectivity index (χ0) is 17.1. The van der Waals surface area contributed by atoms with Gasteiger partial charge in [0, 0.05) is 17.6 Å². The van der Waals surface area contributed by atoms with Gasteiger partial charge in [-0.3, -0.25) is 4.79 Å². The Morgan fingerprint density at radius 3 is 2.61 bits per heavy atom. The number of ether oxygens (including phenoxy) is 1. The summed E-state index contributed by atoms with van der Waals surface area (Å²) in [4.78, 5) is 30.5. The predicted molar refractivity (Wildman–Crippen MR) is 94.1 cm³/mol. The van der Waals surface area contributed by atoms with E-state index in [-0.39, 0.29) is 5.91 Å². The lowest BCUT2D eigenvalue weighted by Crippen LogP contribution is -2.26. The lowest BCUT2D eigenvalue weighted by Gasteiger charge is -2.16. The summed E-state index contributed by atoms with van der Waals surface area (Å²) in [5.74, 6) is -0.559. The van der Waals surface area contributed by atoms with E-state index in [0.29, 0.717) is 29.8 Å². The van der Waals surface area contributed by atoms with Crippen molar-refractivity contribution >= 4 is 39.1 Å². The third kappa shape index (κ3) is 3.67. The number of aromatic amines is 1. The van der Waals surface area contributed by atoms with Crippen LogP contribution in [0.5, 0.6) is 0 Å². The van der Waals surface area contributed by atoms with Crippen molar-refractivity contribution in [1.82, 2.24) is 9.88 Å². The molecule has 124 valence electrons. The smallest absolute Gasteiger partial charge is 0.339 e. The lowest BCUT2D eigenvalue weighted by molar-refractivity contribution is 0.0599.